The van der Waals surface area contributed by atoms with Gasteiger partial charge in [0.1, 0.15) is 0 Å². The lowest BCUT2D eigenvalue weighted by Crippen LogP contribution is -2.17. The molecule has 116 valence electrons. The third-order valence-electron chi connectivity index (χ3n) is 3.48. The fraction of sp³-hybridized carbons (Fsp3) is 0.294. The summed E-state index contributed by atoms with van der Waals surface area (Å²) in [4.78, 5) is 11.9. The predicted octanol–water partition coefficient (Wildman–Crippen LogP) is 3.24. The standard InChI is InChI=1S/C17H19NO3S/c1-11(2)15-10-17(19)13(4)9-16(15)18-22(20,21)14-7-5-12(3)6-8-14/h5-11H,1-4H3. The summed E-state index contributed by atoms with van der Waals surface area (Å²) in [5.74, 6) is -0.0874. The van der Waals surface area contributed by atoms with Crippen molar-refractivity contribution in [3.05, 3.63) is 53.1 Å². The molecule has 0 aromatic heterocycles. The number of aryl methyl sites for hydroxylation is 1. The van der Waals surface area contributed by atoms with Crippen molar-refractivity contribution >= 4 is 21.5 Å². The second-order valence-electron chi connectivity index (χ2n) is 5.71. The Labute approximate surface area is 131 Å². The Morgan fingerprint density at radius 2 is 1.59 bits per heavy atom. The highest BCUT2D eigenvalue weighted by Gasteiger charge is 2.22. The molecule has 1 aromatic rings. The highest BCUT2D eigenvalue weighted by molar-refractivity contribution is 7.90. The van der Waals surface area contributed by atoms with E-state index in [1.807, 2.05) is 20.8 Å². The summed E-state index contributed by atoms with van der Waals surface area (Å²) in [5, 5.41) is 0. The van der Waals surface area contributed by atoms with Crippen molar-refractivity contribution in [3.63, 3.8) is 0 Å². The molecule has 0 unspecified atom stereocenters. The quantitative estimate of drug-likeness (QED) is 0.804. The first-order chi connectivity index (χ1) is 10.2. The Morgan fingerprint density at radius 1 is 1.00 bits per heavy atom. The molecule has 1 aliphatic carbocycles. The fourth-order valence-corrected chi connectivity index (χ4v) is 3.12. The molecule has 0 heterocycles. The van der Waals surface area contributed by atoms with Crippen molar-refractivity contribution in [1.82, 2.24) is 0 Å². The maximum Gasteiger partial charge on any atom is 0.282 e. The van der Waals surface area contributed by atoms with E-state index in [0.29, 0.717) is 16.9 Å². The van der Waals surface area contributed by atoms with E-state index >= 15 is 0 Å². The zero-order valence-electron chi connectivity index (χ0n) is 13.1. The molecule has 0 saturated carbocycles. The molecule has 22 heavy (non-hydrogen) atoms. The highest BCUT2D eigenvalue weighted by Crippen LogP contribution is 2.22. The summed E-state index contributed by atoms with van der Waals surface area (Å²) in [6, 6.07) is 6.55. The van der Waals surface area contributed by atoms with Gasteiger partial charge >= 0.3 is 0 Å². The Hall–Kier alpha value is -2.01. The largest absolute Gasteiger partial charge is 0.290 e. The molecule has 5 heteroatoms. The second-order valence-corrected chi connectivity index (χ2v) is 7.31. The van der Waals surface area contributed by atoms with Gasteiger partial charge in [0, 0.05) is 0 Å². The van der Waals surface area contributed by atoms with Gasteiger partial charge in [0.15, 0.2) is 5.78 Å². The summed E-state index contributed by atoms with van der Waals surface area (Å²) in [6.07, 6.45) is 3.02. The van der Waals surface area contributed by atoms with Crippen LogP contribution in [0.1, 0.15) is 26.3 Å². The van der Waals surface area contributed by atoms with Crippen LogP contribution in [-0.4, -0.2) is 19.9 Å². The van der Waals surface area contributed by atoms with Crippen LogP contribution in [0, 0.1) is 12.8 Å². The number of allylic oxidation sites excluding steroid dienone is 4. The van der Waals surface area contributed by atoms with Crippen LogP contribution in [0.4, 0.5) is 0 Å². The number of ketones is 1. The normalized spacial score (nSPS) is 17.7. The van der Waals surface area contributed by atoms with Crippen LogP contribution in [0.3, 0.4) is 0 Å². The number of nitrogens with zero attached hydrogens (tertiary/aromatic N) is 1. The van der Waals surface area contributed by atoms with Crippen molar-refractivity contribution in [2.45, 2.75) is 32.6 Å². The number of hydrogen-bond acceptors (Lipinski definition) is 3. The first-order valence-corrected chi connectivity index (χ1v) is 8.51. The van der Waals surface area contributed by atoms with Crippen LogP contribution in [-0.2, 0) is 14.8 Å². The van der Waals surface area contributed by atoms with Crippen molar-refractivity contribution < 1.29 is 13.2 Å². The Kier molecular flexibility index (Phi) is 4.47. The lowest BCUT2D eigenvalue weighted by Gasteiger charge is -2.16. The van der Waals surface area contributed by atoms with Gasteiger partial charge < -0.3 is 0 Å². The van der Waals surface area contributed by atoms with E-state index in [2.05, 4.69) is 4.40 Å². The molecule has 1 aromatic carbocycles. The molecule has 4 nitrogen and oxygen atoms in total. The molecule has 0 fully saturated rings. The van der Waals surface area contributed by atoms with E-state index in [1.165, 1.54) is 18.2 Å². The lowest BCUT2D eigenvalue weighted by molar-refractivity contribution is -0.111. The van der Waals surface area contributed by atoms with Gasteiger partial charge in [0.25, 0.3) is 10.0 Å². The summed E-state index contributed by atoms with van der Waals surface area (Å²) >= 11 is 0. The Morgan fingerprint density at radius 3 is 2.14 bits per heavy atom. The van der Waals surface area contributed by atoms with E-state index in [0.717, 1.165) is 5.56 Å². The molecule has 0 spiro atoms. The first kappa shape index (κ1) is 16.4. The van der Waals surface area contributed by atoms with Crippen molar-refractivity contribution in [2.24, 2.45) is 10.3 Å². The molecule has 0 atom stereocenters. The molecule has 0 bridgehead atoms. The van der Waals surface area contributed by atoms with Gasteiger partial charge in [-0.25, -0.2) is 0 Å². The number of sulfonamides is 1. The average molecular weight is 317 g/mol. The van der Waals surface area contributed by atoms with Gasteiger partial charge in [-0.1, -0.05) is 31.5 Å². The number of benzene rings is 1. The van der Waals surface area contributed by atoms with E-state index in [1.54, 1.807) is 25.1 Å². The van der Waals surface area contributed by atoms with Crippen LogP contribution in [0.2, 0.25) is 0 Å². The van der Waals surface area contributed by atoms with Gasteiger partial charge in [-0.3, -0.25) is 4.79 Å². The zero-order chi connectivity index (χ0) is 16.5. The van der Waals surface area contributed by atoms with Crippen molar-refractivity contribution in [3.8, 4) is 0 Å². The fourth-order valence-electron chi connectivity index (χ4n) is 2.12. The first-order valence-electron chi connectivity index (χ1n) is 7.07. The minimum Gasteiger partial charge on any atom is -0.290 e. The number of carbonyl (C=O) groups excluding carboxylic acids is 1. The molecule has 0 N–H and O–H groups in total. The smallest absolute Gasteiger partial charge is 0.282 e. The molecule has 2 rings (SSSR count). The Balaban J connectivity index is 2.52. The summed E-state index contributed by atoms with van der Waals surface area (Å²) < 4.78 is 28.8. The molecular formula is C17H19NO3S. The van der Waals surface area contributed by atoms with E-state index in [9.17, 15) is 13.2 Å². The maximum atomic E-state index is 12.4. The van der Waals surface area contributed by atoms with Crippen LogP contribution in [0.15, 0.2) is 56.9 Å². The Bertz CT molecular complexity index is 795. The van der Waals surface area contributed by atoms with E-state index in [4.69, 9.17) is 0 Å². The molecular weight excluding hydrogens is 298 g/mol. The van der Waals surface area contributed by atoms with E-state index < -0.39 is 10.0 Å². The van der Waals surface area contributed by atoms with Crippen LogP contribution in [0.5, 0.6) is 0 Å². The third kappa shape index (κ3) is 3.42. The summed E-state index contributed by atoms with van der Waals surface area (Å²) in [5.41, 5.74) is 2.45. The predicted molar refractivity (Wildman–Crippen MR) is 87.5 cm³/mol. The number of carbonyl (C=O) groups is 1. The minimum atomic E-state index is -3.79. The van der Waals surface area contributed by atoms with Crippen molar-refractivity contribution in [1.29, 1.82) is 0 Å². The topological polar surface area (TPSA) is 63.6 Å². The summed E-state index contributed by atoms with van der Waals surface area (Å²) in [6.45, 7) is 7.36. The van der Waals surface area contributed by atoms with Gasteiger partial charge in [0.05, 0.1) is 10.6 Å². The van der Waals surface area contributed by atoms with Crippen molar-refractivity contribution in [2.75, 3.05) is 0 Å². The SMILES string of the molecule is CC1=CC(=NS(=O)(=O)c2ccc(C)cc2)C(C(C)C)=CC1=O. The number of rotatable bonds is 3. The minimum absolute atomic E-state index is 0.0141. The van der Waals surface area contributed by atoms with Crippen LogP contribution >= 0.6 is 0 Å². The van der Waals surface area contributed by atoms with E-state index in [-0.39, 0.29) is 16.6 Å². The maximum absolute atomic E-state index is 12.4. The van der Waals surface area contributed by atoms with Gasteiger partial charge in [0.2, 0.25) is 0 Å². The zero-order valence-corrected chi connectivity index (χ0v) is 13.9. The van der Waals surface area contributed by atoms with Crippen LogP contribution in [0.25, 0.3) is 0 Å². The number of hydrogen-bond donors (Lipinski definition) is 0. The third-order valence-corrected chi connectivity index (χ3v) is 4.79. The van der Waals surface area contributed by atoms with Gasteiger partial charge in [-0.15, -0.1) is 0 Å². The molecule has 1 aliphatic rings. The second kappa shape index (κ2) is 6.01. The molecule has 0 saturated heterocycles. The summed E-state index contributed by atoms with van der Waals surface area (Å²) in [7, 11) is -3.79. The molecule has 0 amide bonds. The average Bonchev–Trinajstić information content (AvgIpc) is 2.42. The van der Waals surface area contributed by atoms with Gasteiger partial charge in [-0.05, 0) is 55.2 Å². The molecule has 0 radical (unpaired) electrons. The highest BCUT2D eigenvalue weighted by atomic mass is 32.2. The molecule has 0 aliphatic heterocycles. The van der Waals surface area contributed by atoms with Gasteiger partial charge in [-0.2, -0.15) is 12.8 Å². The monoisotopic (exact) mass is 317 g/mol. The lowest BCUT2D eigenvalue weighted by atomic mass is 9.90. The van der Waals surface area contributed by atoms with Crippen LogP contribution < -0.4 is 0 Å².